The number of rotatable bonds is 6. The molecule has 1 rings (SSSR count). The van der Waals surface area contributed by atoms with E-state index in [0.717, 1.165) is 17.7 Å². The Kier molecular flexibility index (Phi) is 5.22. The van der Waals surface area contributed by atoms with E-state index in [1.165, 1.54) is 0 Å². The van der Waals surface area contributed by atoms with E-state index in [0.29, 0.717) is 11.6 Å². The maximum Gasteiger partial charge on any atom is 0.106 e. The van der Waals surface area contributed by atoms with Crippen molar-refractivity contribution in [3.8, 4) is 0 Å². The third-order valence-electron chi connectivity index (χ3n) is 2.41. The van der Waals surface area contributed by atoms with E-state index in [1.807, 2.05) is 24.3 Å². The highest BCUT2D eigenvalue weighted by molar-refractivity contribution is 7.80. The molecule has 0 aliphatic rings. The number of thiocarbonyl (C=S) groups is 1. The summed E-state index contributed by atoms with van der Waals surface area (Å²) in [4.78, 5) is 0.412. The second-order valence-electron chi connectivity index (χ2n) is 3.61. The fraction of sp³-hybridized carbons (Fsp3) is 0.417. The quantitative estimate of drug-likeness (QED) is 0.746. The summed E-state index contributed by atoms with van der Waals surface area (Å²) in [5.41, 5.74) is 7.52. The molecule has 1 aromatic carbocycles. The van der Waals surface area contributed by atoms with Gasteiger partial charge in [-0.3, -0.25) is 0 Å². The normalized spacial score (nSPS) is 12.1. The fourth-order valence-electron chi connectivity index (χ4n) is 1.51. The van der Waals surface area contributed by atoms with Crippen LogP contribution < -0.4 is 11.1 Å². The lowest BCUT2D eigenvalue weighted by molar-refractivity contribution is 0.184. The molecule has 0 spiro atoms. The van der Waals surface area contributed by atoms with Gasteiger partial charge in [0.2, 0.25) is 0 Å². The number of ether oxygens (including phenoxy) is 1. The molecular weight excluding hydrogens is 220 g/mol. The van der Waals surface area contributed by atoms with Crippen LogP contribution in [0.5, 0.6) is 0 Å². The van der Waals surface area contributed by atoms with Crippen LogP contribution in [0.4, 0.5) is 5.69 Å². The smallest absolute Gasteiger partial charge is 0.106 e. The van der Waals surface area contributed by atoms with Crippen molar-refractivity contribution in [1.29, 1.82) is 0 Å². The highest BCUT2D eigenvalue weighted by atomic mass is 32.1. The van der Waals surface area contributed by atoms with E-state index in [9.17, 15) is 0 Å². The predicted molar refractivity (Wildman–Crippen MR) is 71.9 cm³/mol. The molecule has 1 unspecified atom stereocenters. The number of hydrogen-bond acceptors (Lipinski definition) is 3. The lowest BCUT2D eigenvalue weighted by atomic mass is 10.1. The predicted octanol–water partition coefficient (Wildman–Crippen LogP) is 2.16. The molecule has 0 aliphatic carbocycles. The summed E-state index contributed by atoms with van der Waals surface area (Å²) in [7, 11) is 1.70. The molecule has 0 bridgehead atoms. The van der Waals surface area contributed by atoms with E-state index in [-0.39, 0.29) is 6.04 Å². The minimum absolute atomic E-state index is 0.278. The zero-order valence-corrected chi connectivity index (χ0v) is 10.5. The van der Waals surface area contributed by atoms with E-state index in [4.69, 9.17) is 22.7 Å². The Bertz CT molecular complexity index is 355. The van der Waals surface area contributed by atoms with E-state index >= 15 is 0 Å². The summed E-state index contributed by atoms with van der Waals surface area (Å²) >= 11 is 5.01. The Morgan fingerprint density at radius 1 is 1.50 bits per heavy atom. The molecule has 16 heavy (non-hydrogen) atoms. The van der Waals surface area contributed by atoms with Crippen molar-refractivity contribution in [2.75, 3.05) is 19.0 Å². The molecule has 0 radical (unpaired) electrons. The van der Waals surface area contributed by atoms with Crippen LogP contribution in [0, 0.1) is 0 Å². The fourth-order valence-corrected chi connectivity index (χ4v) is 1.68. The minimum atomic E-state index is 0.278. The van der Waals surface area contributed by atoms with Crippen LogP contribution in [-0.4, -0.2) is 24.7 Å². The highest BCUT2D eigenvalue weighted by Gasteiger charge is 2.09. The van der Waals surface area contributed by atoms with Crippen LogP contribution in [0.2, 0.25) is 0 Å². The van der Waals surface area contributed by atoms with Crippen molar-refractivity contribution in [3.63, 3.8) is 0 Å². The van der Waals surface area contributed by atoms with Gasteiger partial charge in [0.15, 0.2) is 0 Å². The zero-order chi connectivity index (χ0) is 12.0. The maximum absolute atomic E-state index is 5.67. The molecule has 1 atom stereocenters. The number of hydrogen-bond donors (Lipinski definition) is 2. The summed E-state index contributed by atoms with van der Waals surface area (Å²) in [5.74, 6) is 0. The Morgan fingerprint density at radius 2 is 2.19 bits per heavy atom. The van der Waals surface area contributed by atoms with Crippen molar-refractivity contribution in [2.45, 2.75) is 19.4 Å². The summed E-state index contributed by atoms with van der Waals surface area (Å²) < 4.78 is 5.14. The Labute approximate surface area is 102 Å². The first kappa shape index (κ1) is 12.9. The van der Waals surface area contributed by atoms with Gasteiger partial charge < -0.3 is 15.8 Å². The first-order chi connectivity index (χ1) is 7.69. The third-order valence-corrected chi connectivity index (χ3v) is 2.63. The molecule has 88 valence electrons. The Balaban J connectivity index is 2.82. The van der Waals surface area contributed by atoms with Crippen LogP contribution in [0.1, 0.15) is 18.9 Å². The summed E-state index contributed by atoms with van der Waals surface area (Å²) in [6.45, 7) is 2.78. The largest absolute Gasteiger partial charge is 0.389 e. The molecule has 4 heteroatoms. The summed E-state index contributed by atoms with van der Waals surface area (Å²) in [6, 6.07) is 8.07. The van der Waals surface area contributed by atoms with Gasteiger partial charge in [-0.05, 0) is 18.6 Å². The lowest BCUT2D eigenvalue weighted by Crippen LogP contribution is -2.25. The summed E-state index contributed by atoms with van der Waals surface area (Å²) in [6.07, 6.45) is 0.986. The SMILES string of the molecule is CCC(COC)Nc1ccccc1C(N)=S. The minimum Gasteiger partial charge on any atom is -0.389 e. The van der Waals surface area contributed by atoms with E-state index < -0.39 is 0 Å². The molecule has 0 saturated carbocycles. The number of methoxy groups -OCH3 is 1. The molecule has 0 heterocycles. The Morgan fingerprint density at radius 3 is 2.75 bits per heavy atom. The number of nitrogens with one attached hydrogen (secondary N) is 1. The molecule has 0 aromatic heterocycles. The number of benzene rings is 1. The van der Waals surface area contributed by atoms with Crippen molar-refractivity contribution < 1.29 is 4.74 Å². The van der Waals surface area contributed by atoms with Crippen LogP contribution >= 0.6 is 12.2 Å². The average molecular weight is 238 g/mol. The van der Waals surface area contributed by atoms with Crippen molar-refractivity contribution in [2.24, 2.45) is 5.73 Å². The van der Waals surface area contributed by atoms with Gasteiger partial charge in [0.25, 0.3) is 0 Å². The highest BCUT2D eigenvalue weighted by Crippen LogP contribution is 2.16. The van der Waals surface area contributed by atoms with Gasteiger partial charge in [0.1, 0.15) is 4.99 Å². The monoisotopic (exact) mass is 238 g/mol. The molecule has 0 saturated heterocycles. The van der Waals surface area contributed by atoms with Gasteiger partial charge in [-0.15, -0.1) is 0 Å². The van der Waals surface area contributed by atoms with Gasteiger partial charge in [-0.2, -0.15) is 0 Å². The number of nitrogens with two attached hydrogens (primary N) is 1. The van der Waals surface area contributed by atoms with Crippen molar-refractivity contribution in [1.82, 2.24) is 0 Å². The first-order valence-corrected chi connectivity index (χ1v) is 5.74. The Hall–Kier alpha value is -1.13. The number of anilines is 1. The second kappa shape index (κ2) is 6.45. The van der Waals surface area contributed by atoms with Gasteiger partial charge in [-0.25, -0.2) is 0 Å². The van der Waals surface area contributed by atoms with Gasteiger partial charge in [0, 0.05) is 24.4 Å². The number of para-hydroxylation sites is 1. The van der Waals surface area contributed by atoms with E-state index in [1.54, 1.807) is 7.11 Å². The van der Waals surface area contributed by atoms with E-state index in [2.05, 4.69) is 12.2 Å². The molecule has 3 nitrogen and oxygen atoms in total. The van der Waals surface area contributed by atoms with Gasteiger partial charge >= 0.3 is 0 Å². The lowest BCUT2D eigenvalue weighted by Gasteiger charge is -2.19. The van der Waals surface area contributed by atoms with Gasteiger partial charge in [0.05, 0.1) is 6.61 Å². The molecule has 0 amide bonds. The van der Waals surface area contributed by atoms with Crippen molar-refractivity contribution in [3.05, 3.63) is 29.8 Å². The maximum atomic E-state index is 5.67. The van der Waals surface area contributed by atoms with Crippen LogP contribution in [0.15, 0.2) is 24.3 Å². The topological polar surface area (TPSA) is 47.3 Å². The molecular formula is C12H18N2OS. The standard InChI is InChI=1S/C12H18N2OS/c1-3-9(8-15-2)14-11-7-5-4-6-10(11)12(13)16/h4-7,9,14H,3,8H2,1-2H3,(H2,13,16). The molecule has 0 fully saturated rings. The van der Waals surface area contributed by atoms with Crippen LogP contribution in [0.3, 0.4) is 0 Å². The van der Waals surface area contributed by atoms with Crippen molar-refractivity contribution >= 4 is 22.9 Å². The first-order valence-electron chi connectivity index (χ1n) is 5.33. The van der Waals surface area contributed by atoms with Gasteiger partial charge in [-0.1, -0.05) is 31.3 Å². The van der Waals surface area contributed by atoms with Crippen LogP contribution in [-0.2, 0) is 4.74 Å². The second-order valence-corrected chi connectivity index (χ2v) is 4.05. The average Bonchev–Trinajstić information content (AvgIpc) is 2.29. The molecule has 3 N–H and O–H groups in total. The third kappa shape index (κ3) is 3.47. The zero-order valence-electron chi connectivity index (χ0n) is 9.69. The molecule has 1 aromatic rings. The summed E-state index contributed by atoms with van der Waals surface area (Å²) in [5, 5.41) is 3.39. The van der Waals surface area contributed by atoms with Crippen LogP contribution in [0.25, 0.3) is 0 Å². The molecule has 0 aliphatic heterocycles.